The number of nitrogens with zero attached hydrogens (tertiary/aromatic N) is 2. The van der Waals surface area contributed by atoms with E-state index in [1.165, 1.54) is 0 Å². The zero-order valence-corrected chi connectivity index (χ0v) is 10.5. The van der Waals surface area contributed by atoms with Gasteiger partial charge in [0.2, 0.25) is 11.8 Å². The van der Waals surface area contributed by atoms with Gasteiger partial charge in [-0.2, -0.15) is 0 Å². The largest absolute Gasteiger partial charge is 0.422 e. The molecule has 0 spiro atoms. The summed E-state index contributed by atoms with van der Waals surface area (Å²) in [5.41, 5.74) is 0. The van der Waals surface area contributed by atoms with Crippen LogP contribution in [-0.4, -0.2) is 30.5 Å². The van der Waals surface area contributed by atoms with Gasteiger partial charge in [-0.3, -0.25) is 0 Å². The molecule has 1 rings (SSSR count). The van der Waals surface area contributed by atoms with Gasteiger partial charge in [-0.05, 0) is 6.42 Å². The van der Waals surface area contributed by atoms with Crippen LogP contribution in [0, 0.1) is 0 Å². The summed E-state index contributed by atoms with van der Waals surface area (Å²) >= 11 is 3.43. The molecule has 0 radical (unpaired) electrons. The summed E-state index contributed by atoms with van der Waals surface area (Å²) in [6.45, 7) is 3.47. The molecule has 6 heteroatoms. The number of halogens is 1. The Hall–Kier alpha value is -0.460. The zero-order chi connectivity index (χ0) is 11.1. The summed E-state index contributed by atoms with van der Waals surface area (Å²) < 4.78 is 15.5. The van der Waals surface area contributed by atoms with E-state index in [1.54, 1.807) is 7.11 Å². The molecule has 0 saturated heterocycles. The minimum atomic E-state index is 0.123. The summed E-state index contributed by atoms with van der Waals surface area (Å²) in [6, 6.07) is 0. The maximum atomic E-state index is 5.38. The van der Waals surface area contributed by atoms with Crippen molar-refractivity contribution in [3.8, 4) is 0 Å². The Bertz CT molecular complexity index is 280. The second kappa shape index (κ2) is 6.92. The van der Waals surface area contributed by atoms with Crippen LogP contribution in [-0.2, 0) is 16.1 Å². The van der Waals surface area contributed by atoms with Crippen LogP contribution >= 0.6 is 15.9 Å². The molecule has 0 fully saturated rings. The van der Waals surface area contributed by atoms with E-state index in [2.05, 4.69) is 26.1 Å². The van der Waals surface area contributed by atoms with Crippen molar-refractivity contribution in [2.24, 2.45) is 0 Å². The number of ether oxygens (including phenoxy) is 2. The Morgan fingerprint density at radius 2 is 2.20 bits per heavy atom. The summed E-state index contributed by atoms with van der Waals surface area (Å²) in [5, 5.41) is 7.78. The molecule has 1 atom stereocenters. The van der Waals surface area contributed by atoms with Crippen molar-refractivity contribution >= 4 is 15.9 Å². The van der Waals surface area contributed by atoms with Gasteiger partial charge in [0.1, 0.15) is 6.61 Å². The highest BCUT2D eigenvalue weighted by molar-refractivity contribution is 9.09. The molecule has 0 saturated carbocycles. The minimum absolute atomic E-state index is 0.123. The van der Waals surface area contributed by atoms with Crippen molar-refractivity contribution in [2.45, 2.75) is 24.8 Å². The molecule has 0 aliphatic rings. The topological polar surface area (TPSA) is 57.4 Å². The maximum absolute atomic E-state index is 5.38. The lowest BCUT2D eigenvalue weighted by atomic mass is 10.3. The lowest BCUT2D eigenvalue weighted by Gasteiger charge is -2.00. The van der Waals surface area contributed by atoms with Gasteiger partial charge in [-0.25, -0.2) is 0 Å². The van der Waals surface area contributed by atoms with E-state index in [1.807, 2.05) is 6.92 Å². The van der Waals surface area contributed by atoms with Crippen molar-refractivity contribution in [1.82, 2.24) is 10.2 Å². The fourth-order valence-corrected chi connectivity index (χ4v) is 1.11. The van der Waals surface area contributed by atoms with Crippen LogP contribution in [0.15, 0.2) is 4.42 Å². The smallest absolute Gasteiger partial charge is 0.242 e. The van der Waals surface area contributed by atoms with Gasteiger partial charge in [0.15, 0.2) is 0 Å². The molecule has 0 N–H and O–H groups in total. The molecule has 1 unspecified atom stereocenters. The van der Waals surface area contributed by atoms with Gasteiger partial charge >= 0.3 is 0 Å². The third-order valence-electron chi connectivity index (χ3n) is 1.77. The number of methoxy groups -OCH3 is 1. The Balaban J connectivity index is 2.33. The Labute approximate surface area is 97.3 Å². The summed E-state index contributed by atoms with van der Waals surface area (Å²) in [6.07, 6.45) is 0.909. The van der Waals surface area contributed by atoms with E-state index in [0.717, 1.165) is 6.42 Å². The van der Waals surface area contributed by atoms with Crippen molar-refractivity contribution in [2.75, 3.05) is 20.3 Å². The first kappa shape index (κ1) is 12.6. The number of rotatable bonds is 7. The van der Waals surface area contributed by atoms with E-state index in [9.17, 15) is 0 Å². The van der Waals surface area contributed by atoms with Crippen LogP contribution in [0.5, 0.6) is 0 Å². The standard InChI is InChI=1S/C9H15BrN2O3/c1-3-7(10)9-12-11-8(15-9)6-14-5-4-13-2/h7H,3-6H2,1-2H3. The highest BCUT2D eigenvalue weighted by Crippen LogP contribution is 2.24. The predicted octanol–water partition coefficient (Wildman–Crippen LogP) is 2.08. The first-order valence-electron chi connectivity index (χ1n) is 4.81. The average molecular weight is 279 g/mol. The SMILES string of the molecule is CCC(Br)c1nnc(COCCOC)o1. The van der Waals surface area contributed by atoms with E-state index in [0.29, 0.717) is 31.6 Å². The summed E-state index contributed by atoms with van der Waals surface area (Å²) in [4.78, 5) is 0.123. The monoisotopic (exact) mass is 278 g/mol. The molecule has 15 heavy (non-hydrogen) atoms. The maximum Gasteiger partial charge on any atom is 0.242 e. The molecule has 0 aromatic carbocycles. The molecule has 0 aliphatic carbocycles. The average Bonchev–Trinajstić information content (AvgIpc) is 2.72. The molecule has 0 aliphatic heterocycles. The lowest BCUT2D eigenvalue weighted by molar-refractivity contribution is 0.0513. The van der Waals surface area contributed by atoms with Crippen molar-refractivity contribution in [1.29, 1.82) is 0 Å². The van der Waals surface area contributed by atoms with Gasteiger partial charge in [0.05, 0.1) is 18.0 Å². The normalized spacial score (nSPS) is 13.0. The third-order valence-corrected chi connectivity index (χ3v) is 2.81. The van der Waals surface area contributed by atoms with Gasteiger partial charge in [-0.15, -0.1) is 10.2 Å². The fraction of sp³-hybridized carbons (Fsp3) is 0.778. The van der Waals surface area contributed by atoms with E-state index >= 15 is 0 Å². The molecular formula is C9H15BrN2O3. The summed E-state index contributed by atoms with van der Waals surface area (Å²) in [5.74, 6) is 1.10. The third kappa shape index (κ3) is 4.27. The van der Waals surface area contributed by atoms with Crippen LogP contribution < -0.4 is 0 Å². The van der Waals surface area contributed by atoms with E-state index in [4.69, 9.17) is 13.9 Å². The molecule has 0 amide bonds. The highest BCUT2D eigenvalue weighted by Gasteiger charge is 2.13. The van der Waals surface area contributed by atoms with E-state index < -0.39 is 0 Å². The molecule has 1 heterocycles. The van der Waals surface area contributed by atoms with Crippen molar-refractivity contribution < 1.29 is 13.9 Å². The zero-order valence-electron chi connectivity index (χ0n) is 8.90. The molecular weight excluding hydrogens is 264 g/mol. The Morgan fingerprint density at radius 1 is 1.40 bits per heavy atom. The quantitative estimate of drug-likeness (QED) is 0.565. The number of hydrogen-bond donors (Lipinski definition) is 0. The number of aromatic nitrogens is 2. The second-order valence-corrected chi connectivity index (χ2v) is 4.06. The first-order valence-corrected chi connectivity index (χ1v) is 5.72. The predicted molar refractivity (Wildman–Crippen MR) is 57.8 cm³/mol. The Morgan fingerprint density at radius 3 is 2.87 bits per heavy atom. The van der Waals surface area contributed by atoms with Crippen LogP contribution in [0.3, 0.4) is 0 Å². The summed E-state index contributed by atoms with van der Waals surface area (Å²) in [7, 11) is 1.63. The van der Waals surface area contributed by atoms with Gasteiger partial charge < -0.3 is 13.9 Å². The molecule has 1 aromatic heterocycles. The van der Waals surface area contributed by atoms with Crippen molar-refractivity contribution in [3.05, 3.63) is 11.8 Å². The van der Waals surface area contributed by atoms with Gasteiger partial charge in [0, 0.05) is 7.11 Å². The van der Waals surface area contributed by atoms with Crippen LogP contribution in [0.1, 0.15) is 30.0 Å². The molecule has 86 valence electrons. The van der Waals surface area contributed by atoms with Crippen LogP contribution in [0.4, 0.5) is 0 Å². The Kier molecular flexibility index (Phi) is 5.82. The van der Waals surface area contributed by atoms with Crippen molar-refractivity contribution in [3.63, 3.8) is 0 Å². The van der Waals surface area contributed by atoms with Gasteiger partial charge in [-0.1, -0.05) is 22.9 Å². The first-order chi connectivity index (χ1) is 7.27. The number of hydrogen-bond acceptors (Lipinski definition) is 5. The molecule has 5 nitrogen and oxygen atoms in total. The second-order valence-electron chi connectivity index (χ2n) is 2.96. The van der Waals surface area contributed by atoms with Crippen LogP contribution in [0.2, 0.25) is 0 Å². The minimum Gasteiger partial charge on any atom is -0.422 e. The van der Waals surface area contributed by atoms with E-state index in [-0.39, 0.29) is 4.83 Å². The number of alkyl halides is 1. The molecule has 0 bridgehead atoms. The lowest BCUT2D eigenvalue weighted by Crippen LogP contribution is -2.01. The van der Waals surface area contributed by atoms with Crippen LogP contribution in [0.25, 0.3) is 0 Å². The van der Waals surface area contributed by atoms with Gasteiger partial charge in [0.25, 0.3) is 0 Å². The molecule has 1 aromatic rings. The highest BCUT2D eigenvalue weighted by atomic mass is 79.9. The fourth-order valence-electron chi connectivity index (χ4n) is 0.928.